The maximum atomic E-state index is 2.51. The Morgan fingerprint density at radius 3 is 1.37 bits per heavy atom. The summed E-state index contributed by atoms with van der Waals surface area (Å²) in [5.74, 6) is 0. The highest BCUT2D eigenvalue weighted by atomic mass is 14.5. The first-order valence-corrected chi connectivity index (χ1v) is 20.8. The standard InChI is InChI=1S/C59H34/c1-2-16-38-35(15-1)29-30-37-34-50(41-19-4-7-23-45(41)54(37)38)36-31-32-49-51(33-36)42-20-5-9-25-47(42)56-55-46-24-8-3-17-39(46)40-18-6-10-26-48(40)57(55)59(58(49)56)52-27-13-11-21-43(52)44-22-12-14-28-53(44)59/h1-34H. The maximum absolute atomic E-state index is 2.51. The summed E-state index contributed by atoms with van der Waals surface area (Å²) in [5.41, 5.74) is 12.9. The molecule has 0 aliphatic heterocycles. The molecule has 1 spiro atoms. The Bertz CT molecular complexity index is 3800. The predicted octanol–water partition coefficient (Wildman–Crippen LogP) is 15.8. The smallest absolute Gasteiger partial charge is 0.0619 e. The van der Waals surface area contributed by atoms with Gasteiger partial charge in [0.25, 0.3) is 0 Å². The Labute approximate surface area is 341 Å². The first kappa shape index (κ1) is 31.5. The summed E-state index contributed by atoms with van der Waals surface area (Å²) in [6.07, 6.45) is 0. The van der Waals surface area contributed by atoms with Gasteiger partial charge < -0.3 is 0 Å². The molecule has 0 amide bonds. The minimum absolute atomic E-state index is 0.526. The van der Waals surface area contributed by atoms with Crippen LogP contribution in [0.5, 0.6) is 0 Å². The van der Waals surface area contributed by atoms with Crippen LogP contribution in [0.3, 0.4) is 0 Å². The molecule has 0 N–H and O–H groups in total. The molecule has 0 radical (unpaired) electrons. The maximum Gasteiger partial charge on any atom is 0.0738 e. The largest absolute Gasteiger partial charge is 0.0738 e. The Hall–Kier alpha value is -7.54. The van der Waals surface area contributed by atoms with Gasteiger partial charge >= 0.3 is 0 Å². The van der Waals surface area contributed by atoms with Crippen LogP contribution in [-0.2, 0) is 5.41 Å². The van der Waals surface area contributed by atoms with E-state index < -0.39 is 5.41 Å². The number of fused-ring (bicyclic) bond motifs is 25. The zero-order valence-corrected chi connectivity index (χ0v) is 32.1. The van der Waals surface area contributed by atoms with Crippen LogP contribution in [0.15, 0.2) is 206 Å². The van der Waals surface area contributed by atoms with Gasteiger partial charge in [0.2, 0.25) is 0 Å². The first-order chi connectivity index (χ1) is 29.3. The van der Waals surface area contributed by atoms with Gasteiger partial charge in [-0.25, -0.2) is 0 Å². The third-order valence-corrected chi connectivity index (χ3v) is 14.0. The highest BCUT2D eigenvalue weighted by molar-refractivity contribution is 6.28. The molecule has 2 aliphatic rings. The number of hydrogen-bond donors (Lipinski definition) is 0. The van der Waals surface area contributed by atoms with Crippen molar-refractivity contribution in [1.82, 2.24) is 0 Å². The van der Waals surface area contributed by atoms with Crippen LogP contribution < -0.4 is 0 Å². The zero-order valence-electron chi connectivity index (χ0n) is 32.1. The van der Waals surface area contributed by atoms with Crippen LogP contribution in [0, 0.1) is 0 Å². The van der Waals surface area contributed by atoms with Gasteiger partial charge in [-0.2, -0.15) is 0 Å². The van der Waals surface area contributed by atoms with Gasteiger partial charge in [0.05, 0.1) is 5.41 Å². The third-order valence-electron chi connectivity index (χ3n) is 14.0. The summed E-state index contributed by atoms with van der Waals surface area (Å²) < 4.78 is 0. The van der Waals surface area contributed by atoms with Crippen LogP contribution in [0.1, 0.15) is 22.3 Å². The van der Waals surface area contributed by atoms with Crippen molar-refractivity contribution in [3.63, 3.8) is 0 Å². The lowest BCUT2D eigenvalue weighted by molar-refractivity contribution is 0.810. The molecular formula is C59H34. The molecule has 12 aromatic carbocycles. The third kappa shape index (κ3) is 3.85. The van der Waals surface area contributed by atoms with Crippen LogP contribution >= 0.6 is 0 Å². The molecule has 0 unspecified atom stereocenters. The van der Waals surface area contributed by atoms with Crippen LogP contribution in [0.25, 0.3) is 109 Å². The normalized spacial score (nSPS) is 13.6. The monoisotopic (exact) mass is 742 g/mol. The predicted molar refractivity (Wildman–Crippen MR) is 251 cm³/mol. The SMILES string of the molecule is c1ccc2c(c1)-c1ccccc1C21c2c(c3ccccc3c3ccccc23)-c2c1c1ccc(-c3cc4ccc5ccccc5c4c4ccccc34)cc1c1ccccc21. The van der Waals surface area contributed by atoms with Crippen molar-refractivity contribution in [2.24, 2.45) is 0 Å². The molecule has 0 nitrogen and oxygen atoms in total. The van der Waals surface area contributed by atoms with E-state index in [1.807, 2.05) is 0 Å². The molecule has 2 aliphatic carbocycles. The highest BCUT2D eigenvalue weighted by Crippen LogP contribution is 2.68. The van der Waals surface area contributed by atoms with E-state index in [1.54, 1.807) is 0 Å². The topological polar surface area (TPSA) is 0 Å². The van der Waals surface area contributed by atoms with E-state index in [1.165, 1.54) is 131 Å². The summed E-state index contributed by atoms with van der Waals surface area (Å²) in [7, 11) is 0. The summed E-state index contributed by atoms with van der Waals surface area (Å²) in [4.78, 5) is 0. The van der Waals surface area contributed by atoms with Crippen molar-refractivity contribution in [3.05, 3.63) is 229 Å². The molecule has 270 valence electrons. The van der Waals surface area contributed by atoms with Gasteiger partial charge in [0.15, 0.2) is 0 Å². The van der Waals surface area contributed by atoms with Crippen molar-refractivity contribution < 1.29 is 0 Å². The minimum atomic E-state index is -0.526. The molecule has 0 heterocycles. The average Bonchev–Trinajstić information content (AvgIpc) is 3.80. The minimum Gasteiger partial charge on any atom is -0.0619 e. The quantitative estimate of drug-likeness (QED) is 0.147. The Balaban J connectivity index is 1.18. The molecule has 14 rings (SSSR count). The second kappa shape index (κ2) is 11.3. The second-order valence-corrected chi connectivity index (χ2v) is 16.6. The second-order valence-electron chi connectivity index (χ2n) is 16.6. The molecule has 0 saturated heterocycles. The molecule has 12 aromatic rings. The number of benzene rings is 12. The number of rotatable bonds is 1. The lowest BCUT2D eigenvalue weighted by atomic mass is 9.68. The van der Waals surface area contributed by atoms with Crippen molar-refractivity contribution in [2.75, 3.05) is 0 Å². The summed E-state index contributed by atoms with van der Waals surface area (Å²) in [6, 6.07) is 78.1. The van der Waals surface area contributed by atoms with E-state index in [-0.39, 0.29) is 0 Å². The van der Waals surface area contributed by atoms with Gasteiger partial charge in [-0.3, -0.25) is 0 Å². The van der Waals surface area contributed by atoms with E-state index in [4.69, 9.17) is 0 Å². The van der Waals surface area contributed by atoms with E-state index in [9.17, 15) is 0 Å². The summed E-state index contributed by atoms with van der Waals surface area (Å²) in [6.45, 7) is 0. The van der Waals surface area contributed by atoms with Crippen LogP contribution in [0.4, 0.5) is 0 Å². The molecule has 59 heavy (non-hydrogen) atoms. The number of hydrogen-bond acceptors (Lipinski definition) is 0. The molecule has 0 atom stereocenters. The molecule has 0 aromatic heterocycles. The van der Waals surface area contributed by atoms with E-state index >= 15 is 0 Å². The van der Waals surface area contributed by atoms with Gasteiger partial charge in [-0.05, 0) is 143 Å². The van der Waals surface area contributed by atoms with Crippen molar-refractivity contribution >= 4 is 75.4 Å². The Morgan fingerprint density at radius 1 is 0.254 bits per heavy atom. The van der Waals surface area contributed by atoms with Crippen molar-refractivity contribution in [1.29, 1.82) is 0 Å². The van der Waals surface area contributed by atoms with E-state index in [2.05, 4.69) is 206 Å². The van der Waals surface area contributed by atoms with Gasteiger partial charge in [-0.1, -0.05) is 194 Å². The Kier molecular flexibility index (Phi) is 6.05. The first-order valence-electron chi connectivity index (χ1n) is 20.8. The molecule has 0 bridgehead atoms. The molecule has 0 fully saturated rings. The lowest BCUT2D eigenvalue weighted by Crippen LogP contribution is -2.26. The van der Waals surface area contributed by atoms with Crippen molar-refractivity contribution in [2.45, 2.75) is 5.41 Å². The van der Waals surface area contributed by atoms with Gasteiger partial charge in [0, 0.05) is 0 Å². The van der Waals surface area contributed by atoms with Crippen LogP contribution in [-0.4, -0.2) is 0 Å². The molecular weight excluding hydrogens is 709 g/mol. The highest BCUT2D eigenvalue weighted by Gasteiger charge is 2.54. The summed E-state index contributed by atoms with van der Waals surface area (Å²) in [5, 5.41) is 18.2. The van der Waals surface area contributed by atoms with E-state index in [0.717, 1.165) is 0 Å². The summed E-state index contributed by atoms with van der Waals surface area (Å²) >= 11 is 0. The fourth-order valence-corrected chi connectivity index (χ4v) is 11.8. The van der Waals surface area contributed by atoms with Gasteiger partial charge in [-0.15, -0.1) is 0 Å². The van der Waals surface area contributed by atoms with E-state index in [0.29, 0.717) is 0 Å². The fraction of sp³-hybridized carbons (Fsp3) is 0.0169. The molecule has 0 heteroatoms. The fourth-order valence-electron chi connectivity index (χ4n) is 11.8. The Morgan fingerprint density at radius 2 is 0.712 bits per heavy atom. The lowest BCUT2D eigenvalue weighted by Gasteiger charge is -2.33. The van der Waals surface area contributed by atoms with Crippen molar-refractivity contribution in [3.8, 4) is 33.4 Å². The van der Waals surface area contributed by atoms with Crippen LogP contribution in [0.2, 0.25) is 0 Å². The zero-order chi connectivity index (χ0) is 38.4. The average molecular weight is 743 g/mol. The van der Waals surface area contributed by atoms with Gasteiger partial charge in [0.1, 0.15) is 0 Å². The molecule has 0 saturated carbocycles.